The molecule has 2 heterocycles. The van der Waals surface area contributed by atoms with Crippen LogP contribution in [0.4, 0.5) is 5.69 Å². The van der Waals surface area contributed by atoms with Crippen LogP contribution in [0.2, 0.25) is 0 Å². The molecular formula is C25H22BrNO6S. The van der Waals surface area contributed by atoms with E-state index in [-0.39, 0.29) is 11.3 Å². The van der Waals surface area contributed by atoms with Crippen LogP contribution < -0.4 is 19.1 Å². The molecule has 1 aromatic heterocycles. The number of methoxy groups -OCH3 is 3. The van der Waals surface area contributed by atoms with E-state index in [2.05, 4.69) is 15.9 Å². The van der Waals surface area contributed by atoms with Gasteiger partial charge in [-0.2, -0.15) is 0 Å². The van der Waals surface area contributed by atoms with E-state index >= 15 is 0 Å². The van der Waals surface area contributed by atoms with Crippen LogP contribution in [0.25, 0.3) is 5.76 Å². The summed E-state index contributed by atoms with van der Waals surface area (Å²) in [6, 6.07) is 11.1. The lowest BCUT2D eigenvalue weighted by molar-refractivity contribution is -0.132. The number of Topliss-reactive ketones (excluding diaryl/α,β-unsaturated/α-hetero) is 1. The fourth-order valence-electron chi connectivity index (χ4n) is 3.91. The molecule has 4 rings (SSSR count). The quantitative estimate of drug-likeness (QED) is 0.252. The molecule has 0 spiro atoms. The van der Waals surface area contributed by atoms with Crippen molar-refractivity contribution in [1.29, 1.82) is 0 Å². The highest BCUT2D eigenvalue weighted by Crippen LogP contribution is 2.46. The molecule has 1 amide bonds. The molecule has 0 aliphatic carbocycles. The number of rotatable bonds is 6. The van der Waals surface area contributed by atoms with E-state index in [0.717, 1.165) is 10.4 Å². The van der Waals surface area contributed by atoms with Crippen LogP contribution in [0.1, 0.15) is 22.0 Å². The van der Waals surface area contributed by atoms with Gasteiger partial charge in [-0.05, 0) is 58.1 Å². The zero-order valence-electron chi connectivity index (χ0n) is 18.9. The predicted octanol–water partition coefficient (Wildman–Crippen LogP) is 5.47. The fourth-order valence-corrected chi connectivity index (χ4v) is 5.48. The van der Waals surface area contributed by atoms with Gasteiger partial charge in [0.25, 0.3) is 11.7 Å². The van der Waals surface area contributed by atoms with Crippen molar-refractivity contribution in [2.45, 2.75) is 13.0 Å². The number of ether oxygens (including phenoxy) is 3. The smallest absolute Gasteiger partial charge is 0.300 e. The molecule has 1 N–H and O–H groups in total. The number of thiophene rings is 1. The van der Waals surface area contributed by atoms with Crippen LogP contribution in [-0.2, 0) is 9.59 Å². The first kappa shape index (κ1) is 23.8. The summed E-state index contributed by atoms with van der Waals surface area (Å²) >= 11 is 4.82. The summed E-state index contributed by atoms with van der Waals surface area (Å²) in [6.45, 7) is 1.90. The highest BCUT2D eigenvalue weighted by molar-refractivity contribution is 9.10. The molecule has 34 heavy (non-hydrogen) atoms. The van der Waals surface area contributed by atoms with Gasteiger partial charge in [0.2, 0.25) is 0 Å². The third kappa shape index (κ3) is 4.05. The zero-order valence-corrected chi connectivity index (χ0v) is 21.3. The Morgan fingerprint density at radius 3 is 2.21 bits per heavy atom. The number of ketones is 1. The van der Waals surface area contributed by atoms with Gasteiger partial charge in [-0.15, -0.1) is 11.3 Å². The number of amides is 1. The standard InChI is InChI=1S/C25H22BrNO6S/c1-13-7-8-34-24(13)21-20(22(28)14-5-6-19(33-4)18(26)9-14)23(29)25(30)27(21)15-10-16(31-2)12-17(11-15)32-3/h5-12,21,28H,1-4H3/b22-20-. The van der Waals surface area contributed by atoms with Gasteiger partial charge < -0.3 is 19.3 Å². The van der Waals surface area contributed by atoms with Crippen LogP contribution >= 0.6 is 27.3 Å². The average Bonchev–Trinajstić information content (AvgIpc) is 3.38. The summed E-state index contributed by atoms with van der Waals surface area (Å²) in [5.41, 5.74) is 1.71. The third-order valence-electron chi connectivity index (χ3n) is 5.63. The van der Waals surface area contributed by atoms with Gasteiger partial charge >= 0.3 is 0 Å². The number of aliphatic hydroxyl groups excluding tert-OH is 1. The molecule has 1 saturated heterocycles. The van der Waals surface area contributed by atoms with Gasteiger partial charge in [0.1, 0.15) is 29.0 Å². The van der Waals surface area contributed by atoms with Crippen molar-refractivity contribution in [3.63, 3.8) is 0 Å². The number of hydrogen-bond acceptors (Lipinski definition) is 7. The second kappa shape index (κ2) is 9.52. The number of aryl methyl sites for hydroxylation is 1. The third-order valence-corrected chi connectivity index (χ3v) is 7.33. The van der Waals surface area contributed by atoms with Gasteiger partial charge in [0.15, 0.2) is 0 Å². The van der Waals surface area contributed by atoms with Gasteiger partial charge in [0, 0.05) is 28.6 Å². The highest BCUT2D eigenvalue weighted by Gasteiger charge is 2.48. The number of carbonyl (C=O) groups is 2. The number of carbonyl (C=O) groups excluding carboxylic acids is 2. The lowest BCUT2D eigenvalue weighted by Gasteiger charge is -2.25. The minimum absolute atomic E-state index is 0.00871. The second-order valence-corrected chi connectivity index (χ2v) is 9.36. The molecule has 176 valence electrons. The Labute approximate surface area is 209 Å². The van der Waals surface area contributed by atoms with Crippen LogP contribution in [0.15, 0.2) is 57.9 Å². The summed E-state index contributed by atoms with van der Waals surface area (Å²) < 4.78 is 16.6. The Morgan fingerprint density at radius 1 is 1.00 bits per heavy atom. The lowest BCUT2D eigenvalue weighted by Crippen LogP contribution is -2.29. The largest absolute Gasteiger partial charge is 0.507 e. The first-order chi connectivity index (χ1) is 16.3. The van der Waals surface area contributed by atoms with E-state index in [4.69, 9.17) is 14.2 Å². The Hall–Kier alpha value is -3.30. The summed E-state index contributed by atoms with van der Waals surface area (Å²) in [5.74, 6) is -0.275. The van der Waals surface area contributed by atoms with Gasteiger partial charge in [-0.3, -0.25) is 14.5 Å². The second-order valence-electron chi connectivity index (χ2n) is 7.56. The topological polar surface area (TPSA) is 85.3 Å². The predicted molar refractivity (Wildman–Crippen MR) is 134 cm³/mol. The van der Waals surface area contributed by atoms with E-state index < -0.39 is 17.7 Å². The molecule has 1 aliphatic heterocycles. The molecule has 1 unspecified atom stereocenters. The van der Waals surface area contributed by atoms with Gasteiger partial charge in [0.05, 0.1) is 37.1 Å². The number of hydrogen-bond donors (Lipinski definition) is 1. The Balaban J connectivity index is 1.96. The van der Waals surface area contributed by atoms with Crippen molar-refractivity contribution in [3.8, 4) is 17.2 Å². The molecular weight excluding hydrogens is 522 g/mol. The molecule has 1 atom stereocenters. The maximum atomic E-state index is 13.4. The van der Waals surface area contributed by atoms with E-state index in [1.165, 1.54) is 37.6 Å². The molecule has 1 fully saturated rings. The number of aliphatic hydroxyl groups is 1. The zero-order chi connectivity index (χ0) is 24.6. The maximum Gasteiger partial charge on any atom is 0.300 e. The molecule has 9 heteroatoms. The highest BCUT2D eigenvalue weighted by atomic mass is 79.9. The molecule has 1 aliphatic rings. The van der Waals surface area contributed by atoms with Crippen molar-refractivity contribution < 1.29 is 28.9 Å². The summed E-state index contributed by atoms with van der Waals surface area (Å²) in [6.07, 6.45) is 0. The molecule has 3 aromatic rings. The molecule has 0 radical (unpaired) electrons. The number of anilines is 1. The minimum atomic E-state index is -0.822. The van der Waals surface area contributed by atoms with Gasteiger partial charge in [-0.25, -0.2) is 0 Å². The summed E-state index contributed by atoms with van der Waals surface area (Å²) in [7, 11) is 4.55. The first-order valence-electron chi connectivity index (χ1n) is 10.2. The number of benzene rings is 2. The fraction of sp³-hybridized carbons (Fsp3) is 0.200. The van der Waals surface area contributed by atoms with E-state index in [1.54, 1.807) is 36.4 Å². The average molecular weight is 544 g/mol. The van der Waals surface area contributed by atoms with Crippen LogP contribution in [0, 0.1) is 6.92 Å². The molecule has 0 saturated carbocycles. The molecule has 7 nitrogen and oxygen atoms in total. The monoisotopic (exact) mass is 543 g/mol. The van der Waals surface area contributed by atoms with Crippen molar-refractivity contribution in [1.82, 2.24) is 0 Å². The maximum absolute atomic E-state index is 13.4. The molecule has 0 bridgehead atoms. The first-order valence-corrected chi connectivity index (χ1v) is 11.9. The number of halogens is 1. The van der Waals surface area contributed by atoms with Crippen molar-refractivity contribution in [2.75, 3.05) is 26.2 Å². The van der Waals surface area contributed by atoms with E-state index in [0.29, 0.717) is 33.0 Å². The SMILES string of the molecule is COc1cc(OC)cc(N2C(=O)C(=O)/C(=C(\O)c3ccc(OC)c(Br)c3)C2c2sccc2C)c1. The lowest BCUT2D eigenvalue weighted by atomic mass is 9.98. The Kier molecular flexibility index (Phi) is 6.67. The van der Waals surface area contributed by atoms with Crippen LogP contribution in [-0.4, -0.2) is 38.1 Å². The van der Waals surface area contributed by atoms with Crippen LogP contribution in [0.5, 0.6) is 17.2 Å². The van der Waals surface area contributed by atoms with Crippen molar-refractivity contribution in [2.24, 2.45) is 0 Å². The Morgan fingerprint density at radius 2 is 1.68 bits per heavy atom. The summed E-state index contributed by atoms with van der Waals surface area (Å²) in [4.78, 5) is 28.9. The normalized spacial score (nSPS) is 17.2. The van der Waals surface area contributed by atoms with Crippen molar-refractivity contribution >= 4 is 50.4 Å². The minimum Gasteiger partial charge on any atom is -0.507 e. The number of nitrogens with zero attached hydrogens (tertiary/aromatic N) is 1. The Bertz CT molecular complexity index is 1290. The van der Waals surface area contributed by atoms with Crippen molar-refractivity contribution in [3.05, 3.63) is 73.9 Å². The summed E-state index contributed by atoms with van der Waals surface area (Å²) in [5, 5.41) is 13.2. The molecule has 2 aromatic carbocycles. The van der Waals surface area contributed by atoms with E-state index in [1.807, 2.05) is 18.4 Å². The van der Waals surface area contributed by atoms with E-state index in [9.17, 15) is 14.7 Å². The van der Waals surface area contributed by atoms with Gasteiger partial charge in [-0.1, -0.05) is 0 Å². The van der Waals surface area contributed by atoms with Crippen LogP contribution in [0.3, 0.4) is 0 Å².